The first kappa shape index (κ1) is 17.7. The molecule has 0 aliphatic rings. The molecule has 0 radical (unpaired) electrons. The Balaban J connectivity index is 2.46. The van der Waals surface area contributed by atoms with E-state index in [0.29, 0.717) is 11.8 Å². The van der Waals surface area contributed by atoms with Crippen molar-refractivity contribution in [1.82, 2.24) is 9.97 Å². The number of ether oxygens (including phenoxy) is 1. The zero-order chi connectivity index (χ0) is 15.7. The molecule has 0 saturated carbocycles. The van der Waals surface area contributed by atoms with E-state index in [4.69, 9.17) is 4.74 Å². The maximum absolute atomic E-state index is 5.57. The van der Waals surface area contributed by atoms with Crippen molar-refractivity contribution in [2.75, 3.05) is 36.9 Å². The van der Waals surface area contributed by atoms with Crippen LogP contribution in [-0.2, 0) is 4.74 Å². The predicted octanol–water partition coefficient (Wildman–Crippen LogP) is 3.51. The highest BCUT2D eigenvalue weighted by atomic mass is 16.5. The van der Waals surface area contributed by atoms with E-state index in [1.54, 1.807) is 0 Å². The smallest absolute Gasteiger partial charge is 0.135 e. The van der Waals surface area contributed by atoms with E-state index >= 15 is 0 Å². The van der Waals surface area contributed by atoms with Crippen LogP contribution in [0.1, 0.15) is 52.8 Å². The quantitative estimate of drug-likeness (QED) is 0.647. The molecule has 0 saturated heterocycles. The molecule has 21 heavy (non-hydrogen) atoms. The van der Waals surface area contributed by atoms with E-state index in [-0.39, 0.29) is 0 Å². The van der Waals surface area contributed by atoms with Crippen molar-refractivity contribution < 1.29 is 4.74 Å². The molecule has 0 spiro atoms. The molecule has 0 unspecified atom stereocenters. The van der Waals surface area contributed by atoms with Crippen molar-refractivity contribution in [1.29, 1.82) is 0 Å². The third-order valence-corrected chi connectivity index (χ3v) is 2.84. The first-order chi connectivity index (χ1) is 10.0. The molecule has 0 aliphatic heterocycles. The first-order valence-electron chi connectivity index (χ1n) is 7.97. The van der Waals surface area contributed by atoms with Gasteiger partial charge in [-0.25, -0.2) is 9.97 Å². The highest BCUT2D eigenvalue weighted by Crippen LogP contribution is 2.16. The standard InChI is InChI=1S/C16H30N4O/c1-6-17-14-10-15(20-16(19-14)13(4)5)18-8-7-9-21-11-12(2)3/h10,12-13H,6-9,11H2,1-5H3,(H2,17,18,19,20). The Morgan fingerprint density at radius 1 is 1.10 bits per heavy atom. The normalized spacial score (nSPS) is 11.2. The fraction of sp³-hybridized carbons (Fsp3) is 0.750. The van der Waals surface area contributed by atoms with Gasteiger partial charge in [-0.1, -0.05) is 27.7 Å². The third kappa shape index (κ3) is 7.27. The molecule has 0 bridgehead atoms. The van der Waals surface area contributed by atoms with Crippen LogP contribution in [0.5, 0.6) is 0 Å². The Hall–Kier alpha value is -1.36. The molecule has 0 aromatic carbocycles. The molecule has 0 aliphatic carbocycles. The highest BCUT2D eigenvalue weighted by Gasteiger charge is 2.07. The largest absolute Gasteiger partial charge is 0.381 e. The SMILES string of the molecule is CCNc1cc(NCCCOCC(C)C)nc(C(C)C)n1. The molecule has 2 N–H and O–H groups in total. The Labute approximate surface area is 128 Å². The molecular weight excluding hydrogens is 264 g/mol. The van der Waals surface area contributed by atoms with Gasteiger partial charge in [-0.2, -0.15) is 0 Å². The van der Waals surface area contributed by atoms with Crippen LogP contribution in [-0.4, -0.2) is 36.3 Å². The average Bonchev–Trinajstić information content (AvgIpc) is 2.42. The minimum Gasteiger partial charge on any atom is -0.381 e. The third-order valence-electron chi connectivity index (χ3n) is 2.84. The van der Waals surface area contributed by atoms with Crippen molar-refractivity contribution in [3.05, 3.63) is 11.9 Å². The van der Waals surface area contributed by atoms with Crippen LogP contribution in [0.2, 0.25) is 0 Å². The van der Waals surface area contributed by atoms with Crippen molar-refractivity contribution in [3.63, 3.8) is 0 Å². The lowest BCUT2D eigenvalue weighted by atomic mass is 10.2. The molecule has 120 valence electrons. The van der Waals surface area contributed by atoms with E-state index in [1.165, 1.54) is 0 Å². The monoisotopic (exact) mass is 294 g/mol. The summed E-state index contributed by atoms with van der Waals surface area (Å²) in [6, 6.07) is 1.96. The van der Waals surface area contributed by atoms with Crippen LogP contribution in [0.15, 0.2) is 6.07 Å². The zero-order valence-electron chi connectivity index (χ0n) is 14.1. The molecule has 0 atom stereocenters. The zero-order valence-corrected chi connectivity index (χ0v) is 14.1. The van der Waals surface area contributed by atoms with Crippen LogP contribution in [0.4, 0.5) is 11.6 Å². The summed E-state index contributed by atoms with van der Waals surface area (Å²) in [5, 5.41) is 6.61. The summed E-state index contributed by atoms with van der Waals surface area (Å²) in [4.78, 5) is 9.07. The number of nitrogens with one attached hydrogen (secondary N) is 2. The molecular formula is C16H30N4O. The Morgan fingerprint density at radius 2 is 1.76 bits per heavy atom. The molecule has 1 aromatic heterocycles. The van der Waals surface area contributed by atoms with Crippen LogP contribution < -0.4 is 10.6 Å². The van der Waals surface area contributed by atoms with E-state index in [1.807, 2.05) is 6.07 Å². The molecule has 5 nitrogen and oxygen atoms in total. The number of hydrogen-bond acceptors (Lipinski definition) is 5. The topological polar surface area (TPSA) is 59.1 Å². The summed E-state index contributed by atoms with van der Waals surface area (Å²) in [6.45, 7) is 13.9. The van der Waals surface area contributed by atoms with Gasteiger partial charge < -0.3 is 15.4 Å². The van der Waals surface area contributed by atoms with Gasteiger partial charge in [0.1, 0.15) is 17.5 Å². The van der Waals surface area contributed by atoms with Gasteiger partial charge >= 0.3 is 0 Å². The van der Waals surface area contributed by atoms with E-state index in [9.17, 15) is 0 Å². The van der Waals surface area contributed by atoms with E-state index < -0.39 is 0 Å². The number of nitrogens with zero attached hydrogens (tertiary/aromatic N) is 2. The predicted molar refractivity (Wildman–Crippen MR) is 89.0 cm³/mol. The molecule has 1 rings (SSSR count). The van der Waals surface area contributed by atoms with Gasteiger partial charge in [0, 0.05) is 38.3 Å². The maximum atomic E-state index is 5.57. The van der Waals surface area contributed by atoms with Crippen molar-refractivity contribution in [2.24, 2.45) is 5.92 Å². The summed E-state index contributed by atoms with van der Waals surface area (Å²) in [5.41, 5.74) is 0. The van der Waals surface area contributed by atoms with Gasteiger partial charge in [-0.05, 0) is 19.3 Å². The summed E-state index contributed by atoms with van der Waals surface area (Å²) in [6.07, 6.45) is 0.976. The number of hydrogen-bond donors (Lipinski definition) is 2. The van der Waals surface area contributed by atoms with Gasteiger partial charge in [-0.15, -0.1) is 0 Å². The summed E-state index contributed by atoms with van der Waals surface area (Å²) in [7, 11) is 0. The Kier molecular flexibility index (Phi) is 8.05. The van der Waals surface area contributed by atoms with Crippen LogP contribution >= 0.6 is 0 Å². The Morgan fingerprint density at radius 3 is 2.33 bits per heavy atom. The summed E-state index contributed by atoms with van der Waals surface area (Å²) in [5.74, 6) is 3.55. The lowest BCUT2D eigenvalue weighted by Gasteiger charge is -2.12. The number of aromatic nitrogens is 2. The minimum atomic E-state index is 0.318. The average molecular weight is 294 g/mol. The molecule has 0 amide bonds. The van der Waals surface area contributed by atoms with Crippen molar-refractivity contribution in [3.8, 4) is 0 Å². The first-order valence-corrected chi connectivity index (χ1v) is 7.97. The number of rotatable bonds is 10. The van der Waals surface area contributed by atoms with Gasteiger partial charge in [0.25, 0.3) is 0 Å². The fourth-order valence-corrected chi connectivity index (χ4v) is 1.80. The lowest BCUT2D eigenvalue weighted by molar-refractivity contribution is 0.110. The minimum absolute atomic E-state index is 0.318. The fourth-order valence-electron chi connectivity index (χ4n) is 1.80. The second kappa shape index (κ2) is 9.55. The molecule has 5 heteroatoms. The maximum Gasteiger partial charge on any atom is 0.135 e. The van der Waals surface area contributed by atoms with Gasteiger partial charge in [0.2, 0.25) is 0 Å². The van der Waals surface area contributed by atoms with Crippen LogP contribution in [0.25, 0.3) is 0 Å². The molecule has 1 heterocycles. The molecule has 1 aromatic rings. The van der Waals surface area contributed by atoms with Crippen molar-refractivity contribution in [2.45, 2.75) is 47.0 Å². The van der Waals surface area contributed by atoms with Gasteiger partial charge in [-0.3, -0.25) is 0 Å². The lowest BCUT2D eigenvalue weighted by Crippen LogP contribution is -2.12. The molecule has 0 fully saturated rings. The van der Waals surface area contributed by atoms with Crippen molar-refractivity contribution >= 4 is 11.6 Å². The van der Waals surface area contributed by atoms with E-state index in [0.717, 1.165) is 50.2 Å². The second-order valence-electron chi connectivity index (χ2n) is 5.93. The summed E-state index contributed by atoms with van der Waals surface area (Å²) < 4.78 is 5.57. The van der Waals surface area contributed by atoms with Crippen LogP contribution in [0, 0.1) is 5.92 Å². The number of anilines is 2. The van der Waals surface area contributed by atoms with Gasteiger partial charge in [0.05, 0.1) is 0 Å². The highest BCUT2D eigenvalue weighted by molar-refractivity contribution is 5.47. The Bertz CT molecular complexity index is 407. The summed E-state index contributed by atoms with van der Waals surface area (Å²) >= 11 is 0. The second-order valence-corrected chi connectivity index (χ2v) is 5.93. The van der Waals surface area contributed by atoms with Crippen LogP contribution in [0.3, 0.4) is 0 Å². The van der Waals surface area contributed by atoms with E-state index in [2.05, 4.69) is 55.2 Å². The van der Waals surface area contributed by atoms with Gasteiger partial charge in [0.15, 0.2) is 0 Å².